The van der Waals surface area contributed by atoms with Crippen LogP contribution in [0.25, 0.3) is 22.5 Å². The Labute approximate surface area is 221 Å². The van der Waals surface area contributed by atoms with Crippen molar-refractivity contribution in [3.8, 4) is 28.3 Å². The zero-order valence-corrected chi connectivity index (χ0v) is 22.6. The van der Waals surface area contributed by atoms with Crippen LogP contribution < -0.4 is 4.74 Å². The van der Waals surface area contributed by atoms with Gasteiger partial charge in [-0.3, -0.25) is 0 Å². The second kappa shape index (κ2) is 14.6. The van der Waals surface area contributed by atoms with Crippen molar-refractivity contribution >= 4 is 5.97 Å². The number of aromatic nitrogens is 2. The van der Waals surface area contributed by atoms with Gasteiger partial charge in [0.2, 0.25) is 5.67 Å². The van der Waals surface area contributed by atoms with E-state index >= 15 is 0 Å². The van der Waals surface area contributed by atoms with Gasteiger partial charge in [0.15, 0.2) is 5.82 Å². The highest BCUT2D eigenvalue weighted by Gasteiger charge is 2.34. The van der Waals surface area contributed by atoms with Gasteiger partial charge < -0.3 is 4.74 Å². The fourth-order valence-corrected chi connectivity index (χ4v) is 4.29. The lowest BCUT2D eigenvalue weighted by molar-refractivity contribution is -0.147. The highest BCUT2D eigenvalue weighted by Crippen LogP contribution is 2.26. The molecule has 0 amide bonds. The highest BCUT2D eigenvalue weighted by atomic mass is 19.1. The number of ether oxygens (including phenoxy) is 1. The Morgan fingerprint density at radius 2 is 1.32 bits per heavy atom. The lowest BCUT2D eigenvalue weighted by Crippen LogP contribution is -2.34. The molecule has 0 fully saturated rings. The van der Waals surface area contributed by atoms with Crippen LogP contribution in [0.4, 0.5) is 4.39 Å². The number of unbranched alkanes of at least 4 members (excludes halogenated alkanes) is 7. The Morgan fingerprint density at radius 1 is 0.757 bits per heavy atom. The van der Waals surface area contributed by atoms with Crippen LogP contribution in [0.2, 0.25) is 0 Å². The van der Waals surface area contributed by atoms with Crippen molar-refractivity contribution < 1.29 is 13.9 Å². The third-order valence-corrected chi connectivity index (χ3v) is 6.76. The summed E-state index contributed by atoms with van der Waals surface area (Å²) in [7, 11) is 0. The van der Waals surface area contributed by atoms with Gasteiger partial charge in [-0.25, -0.2) is 19.2 Å². The van der Waals surface area contributed by atoms with Gasteiger partial charge in [-0.15, -0.1) is 0 Å². The van der Waals surface area contributed by atoms with Gasteiger partial charge in [0.05, 0.1) is 0 Å². The van der Waals surface area contributed by atoms with Gasteiger partial charge in [0, 0.05) is 23.5 Å². The first kappa shape index (κ1) is 28.5. The van der Waals surface area contributed by atoms with E-state index in [2.05, 4.69) is 48.1 Å². The summed E-state index contributed by atoms with van der Waals surface area (Å²) in [6.45, 7) is 5.70. The fraction of sp³-hybridized carbons (Fsp3) is 0.469. The van der Waals surface area contributed by atoms with Gasteiger partial charge in [-0.2, -0.15) is 0 Å². The number of carbonyl (C=O) groups excluding carboxylic acids is 1. The van der Waals surface area contributed by atoms with Crippen LogP contribution in [-0.2, 0) is 11.2 Å². The number of carbonyl (C=O) groups is 1. The third kappa shape index (κ3) is 9.07. The van der Waals surface area contributed by atoms with Crippen molar-refractivity contribution in [3.05, 3.63) is 66.5 Å². The summed E-state index contributed by atoms with van der Waals surface area (Å²) in [5.74, 6) is 0.178. The summed E-state index contributed by atoms with van der Waals surface area (Å²) in [6, 6.07) is 15.5. The Morgan fingerprint density at radius 3 is 1.97 bits per heavy atom. The maximum Gasteiger partial charge on any atom is 0.348 e. The van der Waals surface area contributed by atoms with Gasteiger partial charge in [-0.05, 0) is 55.9 Å². The van der Waals surface area contributed by atoms with Gasteiger partial charge in [0.25, 0.3) is 0 Å². The molecule has 4 nitrogen and oxygen atoms in total. The molecular weight excluding hydrogens is 463 g/mol. The smallest absolute Gasteiger partial charge is 0.348 e. The molecule has 0 aliphatic rings. The fourth-order valence-electron chi connectivity index (χ4n) is 4.29. The number of halogens is 1. The summed E-state index contributed by atoms with van der Waals surface area (Å²) >= 11 is 0. The summed E-state index contributed by atoms with van der Waals surface area (Å²) in [5.41, 5.74) is 2.10. The van der Waals surface area contributed by atoms with Crippen molar-refractivity contribution in [2.24, 2.45) is 0 Å². The zero-order chi connectivity index (χ0) is 26.5. The molecule has 37 heavy (non-hydrogen) atoms. The molecule has 0 aliphatic heterocycles. The Balaban J connectivity index is 1.53. The van der Waals surface area contributed by atoms with E-state index in [1.54, 1.807) is 24.5 Å². The highest BCUT2D eigenvalue weighted by molar-refractivity contribution is 5.81. The average Bonchev–Trinajstić information content (AvgIpc) is 2.92. The van der Waals surface area contributed by atoms with E-state index in [9.17, 15) is 9.18 Å². The molecule has 3 rings (SSSR count). The first-order valence-electron chi connectivity index (χ1n) is 13.9. The number of alkyl halides is 1. The quantitative estimate of drug-likeness (QED) is 0.118. The molecule has 2 aromatic carbocycles. The molecule has 5 heteroatoms. The molecule has 0 saturated carbocycles. The molecule has 0 N–H and O–H groups in total. The molecule has 198 valence electrons. The first-order chi connectivity index (χ1) is 17.9. The average molecular weight is 505 g/mol. The molecule has 3 aromatic rings. The van der Waals surface area contributed by atoms with Crippen LogP contribution in [0.3, 0.4) is 0 Å². The second-order valence-electron chi connectivity index (χ2n) is 10.1. The van der Waals surface area contributed by atoms with Crippen molar-refractivity contribution in [2.75, 3.05) is 0 Å². The van der Waals surface area contributed by atoms with Gasteiger partial charge in [-0.1, -0.05) is 95.2 Å². The van der Waals surface area contributed by atoms with E-state index in [4.69, 9.17) is 4.74 Å². The number of hydrogen-bond donors (Lipinski definition) is 0. The van der Waals surface area contributed by atoms with E-state index < -0.39 is 11.6 Å². The lowest BCUT2D eigenvalue weighted by Gasteiger charge is -2.18. The molecule has 0 spiro atoms. The number of benzene rings is 2. The molecule has 1 atom stereocenters. The summed E-state index contributed by atoms with van der Waals surface area (Å²) in [4.78, 5) is 21.5. The molecular formula is C32H41FN2O2. The molecule has 1 aromatic heterocycles. The zero-order valence-electron chi connectivity index (χ0n) is 22.6. The van der Waals surface area contributed by atoms with Gasteiger partial charge in [0.1, 0.15) is 5.75 Å². The Hall–Kier alpha value is -3.08. The first-order valence-corrected chi connectivity index (χ1v) is 13.9. The minimum absolute atomic E-state index is 0.182. The van der Waals surface area contributed by atoms with Gasteiger partial charge >= 0.3 is 5.97 Å². The van der Waals surface area contributed by atoms with E-state index in [1.165, 1.54) is 44.6 Å². The molecule has 0 aliphatic carbocycles. The molecule has 0 radical (unpaired) electrons. The third-order valence-electron chi connectivity index (χ3n) is 6.76. The van der Waals surface area contributed by atoms with Crippen LogP contribution >= 0.6 is 0 Å². The molecule has 1 heterocycles. The minimum Gasteiger partial charge on any atom is -0.424 e. The van der Waals surface area contributed by atoms with Crippen molar-refractivity contribution in [1.82, 2.24) is 9.97 Å². The monoisotopic (exact) mass is 504 g/mol. The molecule has 0 saturated heterocycles. The van der Waals surface area contributed by atoms with Crippen LogP contribution in [0, 0.1) is 0 Å². The van der Waals surface area contributed by atoms with Crippen LogP contribution in [0.1, 0.15) is 90.5 Å². The number of rotatable bonds is 15. The lowest BCUT2D eigenvalue weighted by atomic mass is 9.99. The largest absolute Gasteiger partial charge is 0.424 e. The normalized spacial score (nSPS) is 12.8. The van der Waals surface area contributed by atoms with Crippen LogP contribution in [0.15, 0.2) is 60.9 Å². The van der Waals surface area contributed by atoms with Crippen LogP contribution in [0.5, 0.6) is 5.75 Å². The van der Waals surface area contributed by atoms with Crippen molar-refractivity contribution in [3.63, 3.8) is 0 Å². The summed E-state index contributed by atoms with van der Waals surface area (Å²) < 4.78 is 20.2. The SMILES string of the molecule is CCCCCCCCC(C)(F)C(=O)Oc1ccc(-c2cnc(-c3ccc(CCCCC)cc3)nc2)cc1. The predicted octanol–water partition coefficient (Wildman–Crippen LogP) is 8.93. The Bertz CT molecular complexity index is 1080. The van der Waals surface area contributed by atoms with E-state index in [0.717, 1.165) is 42.4 Å². The molecule has 1 unspecified atom stereocenters. The van der Waals surface area contributed by atoms with Crippen molar-refractivity contribution in [1.29, 1.82) is 0 Å². The second-order valence-corrected chi connectivity index (χ2v) is 10.1. The predicted molar refractivity (Wildman–Crippen MR) is 149 cm³/mol. The van der Waals surface area contributed by atoms with E-state index in [0.29, 0.717) is 18.0 Å². The number of aryl methyl sites for hydroxylation is 1. The standard InChI is InChI=1S/C32H41FN2O2/c1-4-6-8-9-10-12-22-32(3,33)31(36)37-29-20-18-26(19-21-29)28-23-34-30(35-24-28)27-16-14-25(15-17-27)13-11-7-5-2/h14-21,23-24H,4-13,22H2,1-3H3. The number of nitrogens with zero attached hydrogens (tertiary/aromatic N) is 2. The number of hydrogen-bond acceptors (Lipinski definition) is 4. The molecule has 0 bridgehead atoms. The topological polar surface area (TPSA) is 52.1 Å². The summed E-state index contributed by atoms with van der Waals surface area (Å²) in [5, 5.41) is 0. The maximum absolute atomic E-state index is 14.9. The minimum atomic E-state index is -1.99. The van der Waals surface area contributed by atoms with E-state index in [1.807, 2.05) is 12.1 Å². The van der Waals surface area contributed by atoms with Crippen LogP contribution in [-0.4, -0.2) is 21.6 Å². The summed E-state index contributed by atoms with van der Waals surface area (Å²) in [6.07, 6.45) is 14.8. The van der Waals surface area contributed by atoms with Crippen molar-refractivity contribution in [2.45, 2.75) is 97.1 Å². The Kier molecular flexibility index (Phi) is 11.2. The maximum atomic E-state index is 14.9. The van der Waals surface area contributed by atoms with E-state index in [-0.39, 0.29) is 6.42 Å². The number of esters is 1.